The van der Waals surface area contributed by atoms with E-state index in [1.54, 1.807) is 4.68 Å². The van der Waals surface area contributed by atoms with E-state index in [1.165, 1.54) is 0 Å². The summed E-state index contributed by atoms with van der Waals surface area (Å²) in [6.45, 7) is 1.74. The monoisotopic (exact) mass is 365 g/mol. The highest BCUT2D eigenvalue weighted by atomic mass is 32.1. The Morgan fingerprint density at radius 1 is 1.42 bits per heavy atom. The summed E-state index contributed by atoms with van der Waals surface area (Å²) < 4.78 is 7.15. The molecule has 2 aromatic heterocycles. The highest BCUT2D eigenvalue weighted by Gasteiger charge is 2.53. The summed E-state index contributed by atoms with van der Waals surface area (Å²) in [5, 5.41) is 18.2. The maximum Gasteiger partial charge on any atom is 0.181 e. The number of hydrogen-bond donors (Lipinski definition) is 1. The summed E-state index contributed by atoms with van der Waals surface area (Å²) >= 11 is 5.54. The standard InChI is InChI=1S/C19H19N5OS/c1-24-8-12-2-11(7-21-17(12)23-24)16-3-14(15(6-20)18(26)22-16)13-4-19(5-13)9-25-10-19/h2-3,7-8,13-15H,4-5,9-10H2,1H3,(H,22,26). The summed E-state index contributed by atoms with van der Waals surface area (Å²) in [4.78, 5) is 5.07. The Bertz CT molecular complexity index is 975. The van der Waals surface area contributed by atoms with Gasteiger partial charge in [0.25, 0.3) is 0 Å². The van der Waals surface area contributed by atoms with Crippen molar-refractivity contribution in [2.45, 2.75) is 12.8 Å². The number of ether oxygens (including phenoxy) is 1. The number of nitriles is 1. The summed E-state index contributed by atoms with van der Waals surface area (Å²) in [5.41, 5.74) is 3.04. The van der Waals surface area contributed by atoms with Crippen molar-refractivity contribution in [1.82, 2.24) is 20.1 Å². The molecule has 1 spiro atoms. The van der Waals surface area contributed by atoms with Gasteiger partial charge in [-0.25, -0.2) is 4.98 Å². The van der Waals surface area contributed by atoms with Crippen molar-refractivity contribution in [1.29, 1.82) is 5.26 Å². The van der Waals surface area contributed by atoms with Crippen LogP contribution in [0.5, 0.6) is 0 Å². The van der Waals surface area contributed by atoms with E-state index < -0.39 is 0 Å². The lowest BCUT2D eigenvalue weighted by molar-refractivity contribution is -0.185. The molecular weight excluding hydrogens is 346 g/mol. The highest BCUT2D eigenvalue weighted by Crippen LogP contribution is 2.55. The van der Waals surface area contributed by atoms with Gasteiger partial charge in [0.1, 0.15) is 5.92 Å². The molecule has 3 aliphatic rings. The van der Waals surface area contributed by atoms with Crippen molar-refractivity contribution >= 4 is 33.9 Å². The molecule has 1 saturated carbocycles. The zero-order valence-electron chi connectivity index (χ0n) is 14.5. The van der Waals surface area contributed by atoms with Crippen LogP contribution in [0.15, 0.2) is 24.5 Å². The number of nitrogens with zero attached hydrogens (tertiary/aromatic N) is 4. The molecule has 0 bridgehead atoms. The quantitative estimate of drug-likeness (QED) is 0.824. The maximum absolute atomic E-state index is 9.65. The third kappa shape index (κ3) is 2.37. The molecule has 6 nitrogen and oxygen atoms in total. The molecule has 5 rings (SSSR count). The van der Waals surface area contributed by atoms with Crippen LogP contribution >= 0.6 is 12.2 Å². The number of fused-ring (bicyclic) bond motifs is 1. The molecule has 26 heavy (non-hydrogen) atoms. The predicted molar refractivity (Wildman–Crippen MR) is 101 cm³/mol. The Morgan fingerprint density at radius 2 is 2.23 bits per heavy atom. The van der Waals surface area contributed by atoms with Crippen LogP contribution in [0.1, 0.15) is 18.4 Å². The predicted octanol–water partition coefficient (Wildman–Crippen LogP) is 2.42. The number of hydrogen-bond acceptors (Lipinski definition) is 5. The van der Waals surface area contributed by atoms with E-state index in [2.05, 4.69) is 33.6 Å². The van der Waals surface area contributed by atoms with Crippen LogP contribution in [-0.2, 0) is 11.8 Å². The summed E-state index contributed by atoms with van der Waals surface area (Å²) in [6.07, 6.45) is 8.22. The van der Waals surface area contributed by atoms with Crippen LogP contribution in [-0.4, -0.2) is 33.0 Å². The fraction of sp³-hybridized carbons (Fsp3) is 0.474. The maximum atomic E-state index is 9.65. The second-order valence-corrected chi connectivity index (χ2v) is 8.29. The number of allylic oxidation sites excluding steroid dienone is 1. The first-order chi connectivity index (χ1) is 12.6. The lowest BCUT2D eigenvalue weighted by atomic mass is 9.55. The van der Waals surface area contributed by atoms with Gasteiger partial charge >= 0.3 is 0 Å². The second-order valence-electron chi connectivity index (χ2n) is 7.85. The smallest absolute Gasteiger partial charge is 0.181 e. The SMILES string of the molecule is Cn1cc2cc(C3=CC(C4CC5(COC5)C4)C(C#N)C(=S)N3)cnc2n1. The lowest BCUT2D eigenvalue weighted by Crippen LogP contribution is -2.55. The van der Waals surface area contributed by atoms with Gasteiger partial charge < -0.3 is 10.1 Å². The van der Waals surface area contributed by atoms with Crippen molar-refractivity contribution < 1.29 is 4.74 Å². The molecule has 0 aromatic carbocycles. The van der Waals surface area contributed by atoms with Crippen molar-refractivity contribution in [3.8, 4) is 6.07 Å². The minimum Gasteiger partial charge on any atom is -0.380 e. The molecular formula is C19H19N5OS. The third-order valence-electron chi connectivity index (χ3n) is 5.96. The zero-order chi connectivity index (χ0) is 17.9. The number of aryl methyl sites for hydroxylation is 1. The van der Waals surface area contributed by atoms with Crippen molar-refractivity contribution in [3.63, 3.8) is 0 Å². The Balaban J connectivity index is 1.48. The number of pyridine rings is 1. The molecule has 2 unspecified atom stereocenters. The van der Waals surface area contributed by atoms with Crippen LogP contribution in [0.3, 0.4) is 0 Å². The molecule has 0 radical (unpaired) electrons. The molecule has 7 heteroatoms. The molecule has 2 atom stereocenters. The Labute approximate surface area is 156 Å². The van der Waals surface area contributed by atoms with Crippen LogP contribution < -0.4 is 5.32 Å². The van der Waals surface area contributed by atoms with Crippen molar-refractivity contribution in [2.24, 2.45) is 30.2 Å². The van der Waals surface area contributed by atoms with Crippen LogP contribution in [0.2, 0.25) is 0 Å². The minimum absolute atomic E-state index is 0.152. The van der Waals surface area contributed by atoms with Gasteiger partial charge in [-0.3, -0.25) is 4.68 Å². The van der Waals surface area contributed by atoms with E-state index >= 15 is 0 Å². The van der Waals surface area contributed by atoms with Crippen molar-refractivity contribution in [2.75, 3.05) is 13.2 Å². The normalized spacial score (nSPS) is 27.4. The van der Waals surface area contributed by atoms with E-state index in [-0.39, 0.29) is 11.8 Å². The minimum atomic E-state index is -0.257. The average molecular weight is 365 g/mol. The average Bonchev–Trinajstić information content (AvgIpc) is 2.91. The van der Waals surface area contributed by atoms with Gasteiger partial charge in [0.2, 0.25) is 0 Å². The van der Waals surface area contributed by atoms with Gasteiger partial charge in [-0.1, -0.05) is 18.3 Å². The van der Waals surface area contributed by atoms with E-state index in [0.717, 1.165) is 48.3 Å². The largest absolute Gasteiger partial charge is 0.380 e. The van der Waals surface area contributed by atoms with Gasteiger partial charge in [-0.2, -0.15) is 10.4 Å². The molecule has 4 heterocycles. The van der Waals surface area contributed by atoms with Crippen LogP contribution in [0.25, 0.3) is 16.7 Å². The third-order valence-corrected chi connectivity index (χ3v) is 6.32. The molecule has 1 aliphatic carbocycles. The van der Waals surface area contributed by atoms with Gasteiger partial charge in [0.15, 0.2) is 5.65 Å². The highest BCUT2D eigenvalue weighted by molar-refractivity contribution is 7.80. The fourth-order valence-corrected chi connectivity index (χ4v) is 4.89. The van der Waals surface area contributed by atoms with Crippen LogP contribution in [0, 0.1) is 34.5 Å². The fourth-order valence-electron chi connectivity index (χ4n) is 4.57. The van der Waals surface area contributed by atoms with E-state index in [0.29, 0.717) is 16.3 Å². The number of thiocarbonyl (C=S) groups is 1. The molecule has 2 fully saturated rings. The molecule has 1 N–H and O–H groups in total. The van der Waals surface area contributed by atoms with E-state index in [4.69, 9.17) is 17.0 Å². The Morgan fingerprint density at radius 3 is 2.92 bits per heavy atom. The van der Waals surface area contributed by atoms with Crippen LogP contribution in [0.4, 0.5) is 0 Å². The first kappa shape index (κ1) is 15.9. The van der Waals surface area contributed by atoms with E-state index in [1.807, 2.05) is 19.4 Å². The summed E-state index contributed by atoms with van der Waals surface area (Å²) in [6, 6.07) is 4.48. The zero-order valence-corrected chi connectivity index (χ0v) is 15.3. The lowest BCUT2D eigenvalue weighted by Gasteiger charge is -2.56. The summed E-state index contributed by atoms with van der Waals surface area (Å²) in [5.74, 6) is 0.389. The van der Waals surface area contributed by atoms with Gasteiger partial charge in [0.05, 0.1) is 24.3 Å². The Hall–Kier alpha value is -2.30. The molecule has 132 valence electrons. The number of nitrogens with one attached hydrogen (secondary N) is 1. The Kier molecular flexibility index (Phi) is 3.43. The molecule has 2 aromatic rings. The topological polar surface area (TPSA) is 75.8 Å². The molecule has 0 amide bonds. The molecule has 2 aliphatic heterocycles. The van der Waals surface area contributed by atoms with Gasteiger partial charge in [-0.15, -0.1) is 0 Å². The first-order valence-electron chi connectivity index (χ1n) is 8.87. The van der Waals surface area contributed by atoms with Crippen molar-refractivity contribution in [3.05, 3.63) is 30.1 Å². The number of rotatable bonds is 2. The number of aromatic nitrogens is 3. The van der Waals surface area contributed by atoms with E-state index in [9.17, 15) is 5.26 Å². The first-order valence-corrected chi connectivity index (χ1v) is 9.28. The molecule has 1 saturated heterocycles. The van der Waals surface area contributed by atoms with Gasteiger partial charge in [-0.05, 0) is 24.8 Å². The summed E-state index contributed by atoms with van der Waals surface area (Å²) in [7, 11) is 1.89. The van der Waals surface area contributed by atoms with Gasteiger partial charge in [0, 0.05) is 47.4 Å². The second kappa shape index (κ2) is 5.60.